The molecule has 0 fully saturated rings. The molecule has 1 aromatic carbocycles. The molecule has 0 bridgehead atoms. The fourth-order valence-electron chi connectivity index (χ4n) is 1.94. The van der Waals surface area contributed by atoms with Crippen molar-refractivity contribution in [3.63, 3.8) is 0 Å². The fraction of sp³-hybridized carbons (Fsp3) is 0.500. The lowest BCUT2D eigenvalue weighted by Crippen LogP contribution is -2.44. The Kier molecular flexibility index (Phi) is 11.4. The highest BCUT2D eigenvalue weighted by molar-refractivity contribution is 14.0. The molecule has 0 saturated carbocycles. The number of guanidine groups is 1. The summed E-state index contributed by atoms with van der Waals surface area (Å²) >= 11 is 0. The Labute approximate surface area is 155 Å². The molecule has 0 spiro atoms. The molecule has 0 aliphatic rings. The maximum absolute atomic E-state index is 11.7. The van der Waals surface area contributed by atoms with Gasteiger partial charge in [0.05, 0.1) is 13.2 Å². The van der Waals surface area contributed by atoms with Gasteiger partial charge < -0.3 is 20.3 Å². The number of methoxy groups -OCH3 is 1. The Morgan fingerprint density at radius 3 is 2.48 bits per heavy atom. The number of nitrogens with one attached hydrogen (secondary N) is 2. The third-order valence-electron chi connectivity index (χ3n) is 3.15. The molecule has 23 heavy (non-hydrogen) atoms. The summed E-state index contributed by atoms with van der Waals surface area (Å²) in [4.78, 5) is 17.8. The maximum atomic E-state index is 11.7. The SMILES string of the molecule is CN=C(NCC(=O)NCCOC)N(C)Cc1ccc(C)cc1.I. The molecule has 0 saturated heterocycles. The van der Waals surface area contributed by atoms with Gasteiger partial charge in [0.25, 0.3) is 0 Å². The van der Waals surface area contributed by atoms with Crippen LogP contribution in [-0.2, 0) is 16.1 Å². The quantitative estimate of drug-likeness (QED) is 0.295. The first-order valence-corrected chi connectivity index (χ1v) is 7.29. The number of ether oxygens (including phenoxy) is 1. The summed E-state index contributed by atoms with van der Waals surface area (Å²) < 4.78 is 4.88. The van der Waals surface area contributed by atoms with E-state index >= 15 is 0 Å². The second-order valence-corrected chi connectivity index (χ2v) is 5.09. The molecule has 7 heteroatoms. The van der Waals surface area contributed by atoms with Gasteiger partial charge in [-0.15, -0.1) is 24.0 Å². The van der Waals surface area contributed by atoms with Crippen LogP contribution in [0.25, 0.3) is 0 Å². The lowest BCUT2D eigenvalue weighted by Gasteiger charge is -2.22. The van der Waals surface area contributed by atoms with Crippen LogP contribution >= 0.6 is 24.0 Å². The minimum absolute atomic E-state index is 0. The van der Waals surface area contributed by atoms with Crippen LogP contribution in [0.4, 0.5) is 0 Å². The van der Waals surface area contributed by atoms with Crippen LogP contribution in [-0.4, -0.2) is 57.7 Å². The third kappa shape index (κ3) is 8.75. The zero-order valence-electron chi connectivity index (χ0n) is 14.3. The Hall–Kier alpha value is -1.35. The zero-order chi connectivity index (χ0) is 16.4. The van der Waals surface area contributed by atoms with E-state index in [0.29, 0.717) is 19.1 Å². The highest BCUT2D eigenvalue weighted by Crippen LogP contribution is 2.05. The number of rotatable bonds is 7. The summed E-state index contributed by atoms with van der Waals surface area (Å²) in [6, 6.07) is 8.36. The van der Waals surface area contributed by atoms with E-state index in [2.05, 4.69) is 46.8 Å². The van der Waals surface area contributed by atoms with E-state index in [4.69, 9.17) is 4.74 Å². The van der Waals surface area contributed by atoms with Crippen LogP contribution in [0.5, 0.6) is 0 Å². The molecule has 0 radical (unpaired) electrons. The average Bonchev–Trinajstić information content (AvgIpc) is 2.50. The summed E-state index contributed by atoms with van der Waals surface area (Å²) in [7, 11) is 5.25. The van der Waals surface area contributed by atoms with E-state index in [1.807, 2.05) is 11.9 Å². The van der Waals surface area contributed by atoms with Gasteiger partial charge in [-0.2, -0.15) is 0 Å². The molecule has 1 rings (SSSR count). The van der Waals surface area contributed by atoms with Crippen LogP contribution < -0.4 is 10.6 Å². The summed E-state index contributed by atoms with van der Waals surface area (Å²) in [5.74, 6) is 0.601. The molecule has 0 aliphatic carbocycles. The number of nitrogens with zero attached hydrogens (tertiary/aromatic N) is 2. The highest BCUT2D eigenvalue weighted by Gasteiger charge is 2.08. The van der Waals surface area contributed by atoms with Crippen molar-refractivity contribution in [3.05, 3.63) is 35.4 Å². The Morgan fingerprint density at radius 1 is 1.26 bits per heavy atom. The first-order chi connectivity index (χ1) is 10.6. The fourth-order valence-corrected chi connectivity index (χ4v) is 1.94. The van der Waals surface area contributed by atoms with Crippen molar-refractivity contribution in [3.8, 4) is 0 Å². The molecule has 0 aromatic heterocycles. The second-order valence-electron chi connectivity index (χ2n) is 5.09. The summed E-state index contributed by atoms with van der Waals surface area (Å²) in [5.41, 5.74) is 2.43. The van der Waals surface area contributed by atoms with Crippen LogP contribution in [0.15, 0.2) is 29.3 Å². The van der Waals surface area contributed by atoms with Crippen molar-refractivity contribution in [1.82, 2.24) is 15.5 Å². The topological polar surface area (TPSA) is 66.0 Å². The number of benzene rings is 1. The maximum Gasteiger partial charge on any atom is 0.239 e. The third-order valence-corrected chi connectivity index (χ3v) is 3.15. The summed E-state index contributed by atoms with van der Waals surface area (Å²) in [6.45, 7) is 4.00. The standard InChI is InChI=1S/C16H26N4O2.HI/c1-13-5-7-14(8-6-13)12-20(3)16(17-2)19-11-15(21)18-9-10-22-4;/h5-8H,9-12H2,1-4H3,(H,17,19)(H,18,21);1H. The second kappa shape index (κ2) is 12.1. The van der Waals surface area contributed by atoms with Crippen molar-refractivity contribution in [1.29, 1.82) is 0 Å². The van der Waals surface area contributed by atoms with E-state index < -0.39 is 0 Å². The Balaban J connectivity index is 0.00000484. The smallest absolute Gasteiger partial charge is 0.239 e. The normalized spacial score (nSPS) is 10.7. The van der Waals surface area contributed by atoms with Crippen molar-refractivity contribution in [2.75, 3.05) is 40.9 Å². The van der Waals surface area contributed by atoms with Gasteiger partial charge >= 0.3 is 0 Å². The molecule has 0 atom stereocenters. The molecule has 6 nitrogen and oxygen atoms in total. The van der Waals surface area contributed by atoms with E-state index in [0.717, 1.165) is 6.54 Å². The molecule has 1 aromatic rings. The van der Waals surface area contributed by atoms with Crippen LogP contribution in [0.1, 0.15) is 11.1 Å². The monoisotopic (exact) mass is 434 g/mol. The number of carbonyl (C=O) groups excluding carboxylic acids is 1. The first kappa shape index (κ1) is 21.6. The van der Waals surface area contributed by atoms with Gasteiger partial charge in [-0.1, -0.05) is 29.8 Å². The van der Waals surface area contributed by atoms with Crippen LogP contribution in [0.3, 0.4) is 0 Å². The van der Waals surface area contributed by atoms with Gasteiger partial charge in [0.15, 0.2) is 5.96 Å². The average molecular weight is 434 g/mol. The number of halogens is 1. The molecular weight excluding hydrogens is 407 g/mol. The largest absolute Gasteiger partial charge is 0.383 e. The van der Waals surface area contributed by atoms with Crippen LogP contribution in [0, 0.1) is 6.92 Å². The number of hydrogen-bond acceptors (Lipinski definition) is 3. The van der Waals surface area contributed by atoms with Gasteiger partial charge in [0, 0.05) is 34.3 Å². The molecule has 1 amide bonds. The molecule has 0 unspecified atom stereocenters. The Bertz CT molecular complexity index is 491. The molecule has 0 heterocycles. The number of aryl methyl sites for hydroxylation is 1. The van der Waals surface area contributed by atoms with Crippen molar-refractivity contribution in [2.45, 2.75) is 13.5 Å². The van der Waals surface area contributed by atoms with E-state index in [1.54, 1.807) is 14.2 Å². The molecule has 0 aliphatic heterocycles. The first-order valence-electron chi connectivity index (χ1n) is 7.29. The highest BCUT2D eigenvalue weighted by atomic mass is 127. The predicted molar refractivity (Wildman–Crippen MR) is 104 cm³/mol. The van der Waals surface area contributed by atoms with E-state index in [9.17, 15) is 4.79 Å². The predicted octanol–water partition coefficient (Wildman–Crippen LogP) is 1.38. The number of hydrogen-bond donors (Lipinski definition) is 2. The van der Waals surface area contributed by atoms with Gasteiger partial charge in [-0.05, 0) is 12.5 Å². The zero-order valence-corrected chi connectivity index (χ0v) is 16.6. The van der Waals surface area contributed by atoms with Crippen molar-refractivity contribution < 1.29 is 9.53 Å². The van der Waals surface area contributed by atoms with Crippen molar-refractivity contribution in [2.24, 2.45) is 4.99 Å². The van der Waals surface area contributed by atoms with Gasteiger partial charge in [0.1, 0.15) is 0 Å². The van der Waals surface area contributed by atoms with Gasteiger partial charge in [-0.3, -0.25) is 9.79 Å². The van der Waals surface area contributed by atoms with Crippen molar-refractivity contribution >= 4 is 35.8 Å². The molecule has 130 valence electrons. The molecular formula is C16H27IN4O2. The number of carbonyl (C=O) groups is 1. The summed E-state index contributed by atoms with van der Waals surface area (Å²) in [5, 5.41) is 5.81. The number of amides is 1. The van der Waals surface area contributed by atoms with Crippen LogP contribution in [0.2, 0.25) is 0 Å². The minimum atomic E-state index is -0.0815. The lowest BCUT2D eigenvalue weighted by molar-refractivity contribution is -0.120. The van der Waals surface area contributed by atoms with Gasteiger partial charge in [-0.25, -0.2) is 0 Å². The molecule has 2 N–H and O–H groups in total. The lowest BCUT2D eigenvalue weighted by atomic mass is 10.1. The van der Waals surface area contributed by atoms with E-state index in [1.165, 1.54) is 11.1 Å². The summed E-state index contributed by atoms with van der Waals surface area (Å²) in [6.07, 6.45) is 0. The number of aliphatic imine (C=N–C) groups is 1. The van der Waals surface area contributed by atoms with Gasteiger partial charge in [0.2, 0.25) is 5.91 Å². The minimum Gasteiger partial charge on any atom is -0.383 e. The van der Waals surface area contributed by atoms with E-state index in [-0.39, 0.29) is 36.4 Å². The Morgan fingerprint density at radius 2 is 1.91 bits per heavy atom.